The average molecular weight is 166 g/mol. The van der Waals surface area contributed by atoms with Gasteiger partial charge in [0.2, 0.25) is 0 Å². The number of hydrogen-bond acceptors (Lipinski definition) is 2. The first kappa shape index (κ1) is 9.20. The molecule has 0 amide bonds. The van der Waals surface area contributed by atoms with Crippen LogP contribution >= 0.6 is 0 Å². The molecule has 0 unspecified atom stereocenters. The fraction of sp³-hybridized carbons (Fsp3) is 0.500. The summed E-state index contributed by atoms with van der Waals surface area (Å²) >= 11 is 0. The maximum atomic E-state index is 11.3. The molecule has 0 fully saturated rings. The van der Waals surface area contributed by atoms with Crippen LogP contribution in [0.5, 0.6) is 0 Å². The molecule has 1 aliphatic carbocycles. The van der Waals surface area contributed by atoms with Crippen molar-refractivity contribution < 1.29 is 9.90 Å². The van der Waals surface area contributed by atoms with Crippen LogP contribution in [0.3, 0.4) is 0 Å². The van der Waals surface area contributed by atoms with Crippen molar-refractivity contribution >= 4 is 5.78 Å². The summed E-state index contributed by atoms with van der Waals surface area (Å²) in [7, 11) is 0. The van der Waals surface area contributed by atoms with Crippen molar-refractivity contribution in [2.24, 2.45) is 5.92 Å². The molecule has 0 aliphatic heterocycles. The van der Waals surface area contributed by atoms with Gasteiger partial charge in [0.15, 0.2) is 5.78 Å². The number of hydrogen-bond donors (Lipinski definition) is 1. The lowest BCUT2D eigenvalue weighted by Gasteiger charge is -2.23. The maximum Gasteiger partial charge on any atom is 0.162 e. The summed E-state index contributed by atoms with van der Waals surface area (Å²) in [5.74, 6) is -0.103. The third-order valence-electron chi connectivity index (χ3n) is 2.29. The van der Waals surface area contributed by atoms with E-state index in [-0.39, 0.29) is 11.7 Å². The smallest absolute Gasteiger partial charge is 0.162 e. The Morgan fingerprint density at radius 1 is 1.75 bits per heavy atom. The number of rotatable bonds is 1. The van der Waals surface area contributed by atoms with Crippen molar-refractivity contribution in [1.82, 2.24) is 0 Å². The molecule has 0 heterocycles. The van der Waals surface area contributed by atoms with E-state index in [9.17, 15) is 9.90 Å². The van der Waals surface area contributed by atoms with Crippen molar-refractivity contribution in [3.8, 4) is 0 Å². The van der Waals surface area contributed by atoms with E-state index in [1.165, 1.54) is 6.08 Å². The third kappa shape index (κ3) is 1.64. The molecule has 1 aliphatic rings. The van der Waals surface area contributed by atoms with Gasteiger partial charge in [0.25, 0.3) is 0 Å². The highest BCUT2D eigenvalue weighted by atomic mass is 16.3. The fourth-order valence-corrected chi connectivity index (χ4v) is 1.39. The molecular weight excluding hydrogens is 152 g/mol. The van der Waals surface area contributed by atoms with Gasteiger partial charge < -0.3 is 5.11 Å². The molecule has 0 spiro atoms. The second kappa shape index (κ2) is 3.23. The Bertz CT molecular complexity index is 251. The van der Waals surface area contributed by atoms with Crippen molar-refractivity contribution in [3.05, 3.63) is 23.8 Å². The van der Waals surface area contributed by atoms with Crippen LogP contribution < -0.4 is 0 Å². The van der Waals surface area contributed by atoms with E-state index in [0.717, 1.165) is 11.1 Å². The van der Waals surface area contributed by atoms with Gasteiger partial charge in [0, 0.05) is 5.92 Å². The first-order valence-electron chi connectivity index (χ1n) is 4.08. The first-order chi connectivity index (χ1) is 5.52. The summed E-state index contributed by atoms with van der Waals surface area (Å²) in [6.07, 6.45) is 1.55. The van der Waals surface area contributed by atoms with Crippen molar-refractivity contribution in [1.29, 1.82) is 0 Å². The molecule has 2 heteroatoms. The minimum absolute atomic E-state index is 0.0744. The van der Waals surface area contributed by atoms with Crippen LogP contribution in [0.15, 0.2) is 23.8 Å². The molecule has 2 atom stereocenters. The highest BCUT2D eigenvalue weighted by molar-refractivity contribution is 5.95. The van der Waals surface area contributed by atoms with Crippen LogP contribution in [-0.4, -0.2) is 17.0 Å². The summed E-state index contributed by atoms with van der Waals surface area (Å²) in [6, 6.07) is 0. The van der Waals surface area contributed by atoms with E-state index < -0.39 is 6.10 Å². The first-order valence-corrected chi connectivity index (χ1v) is 4.08. The minimum atomic E-state index is -0.468. The lowest BCUT2D eigenvalue weighted by Crippen LogP contribution is -2.26. The van der Waals surface area contributed by atoms with Gasteiger partial charge in [-0.25, -0.2) is 0 Å². The van der Waals surface area contributed by atoms with E-state index in [2.05, 4.69) is 6.58 Å². The van der Waals surface area contributed by atoms with Crippen molar-refractivity contribution in [3.63, 3.8) is 0 Å². The van der Waals surface area contributed by atoms with Gasteiger partial charge in [-0.05, 0) is 31.9 Å². The zero-order valence-electron chi connectivity index (χ0n) is 7.50. The Kier molecular flexibility index (Phi) is 2.48. The Hall–Kier alpha value is -0.890. The summed E-state index contributed by atoms with van der Waals surface area (Å²) in [5.41, 5.74) is 1.60. The predicted molar refractivity (Wildman–Crippen MR) is 47.7 cm³/mol. The standard InChI is InChI=1S/C10H14O2/c1-6(2)8-5-9(11)7(3)4-10(8)12/h4,8-9,11H,1,5H2,2-3H3/t8-,9+/m0/s1. The van der Waals surface area contributed by atoms with E-state index >= 15 is 0 Å². The summed E-state index contributed by atoms with van der Waals surface area (Å²) in [4.78, 5) is 11.3. The van der Waals surface area contributed by atoms with Crippen LogP contribution in [0.25, 0.3) is 0 Å². The average Bonchev–Trinajstić information content (AvgIpc) is 1.96. The third-order valence-corrected chi connectivity index (χ3v) is 2.29. The summed E-state index contributed by atoms with van der Waals surface area (Å²) in [6.45, 7) is 7.33. The lowest BCUT2D eigenvalue weighted by molar-refractivity contribution is -0.118. The van der Waals surface area contributed by atoms with Gasteiger partial charge in [-0.3, -0.25) is 4.79 Å². The molecule has 12 heavy (non-hydrogen) atoms. The number of aliphatic hydroxyl groups is 1. The van der Waals surface area contributed by atoms with Gasteiger partial charge in [-0.15, -0.1) is 0 Å². The predicted octanol–water partition coefficient (Wildman–Crippen LogP) is 1.46. The topological polar surface area (TPSA) is 37.3 Å². The highest BCUT2D eigenvalue weighted by Gasteiger charge is 2.26. The van der Waals surface area contributed by atoms with Gasteiger partial charge in [-0.2, -0.15) is 0 Å². The van der Waals surface area contributed by atoms with Crippen LogP contribution in [0.1, 0.15) is 20.3 Å². The van der Waals surface area contributed by atoms with E-state index in [0.29, 0.717) is 6.42 Å². The quantitative estimate of drug-likeness (QED) is 0.599. The highest BCUT2D eigenvalue weighted by Crippen LogP contribution is 2.25. The Labute approximate surface area is 72.6 Å². The molecular formula is C10H14O2. The van der Waals surface area contributed by atoms with Gasteiger partial charge in [0.05, 0.1) is 6.10 Å². The molecule has 1 rings (SSSR count). The summed E-state index contributed by atoms with van der Waals surface area (Å²) < 4.78 is 0. The number of carbonyl (C=O) groups excluding carboxylic acids is 1. The van der Waals surface area contributed by atoms with E-state index in [4.69, 9.17) is 0 Å². The van der Waals surface area contributed by atoms with Crippen molar-refractivity contribution in [2.75, 3.05) is 0 Å². The largest absolute Gasteiger partial charge is 0.389 e. The van der Waals surface area contributed by atoms with Crippen LogP contribution in [0.4, 0.5) is 0 Å². The van der Waals surface area contributed by atoms with Crippen LogP contribution in [-0.2, 0) is 4.79 Å². The summed E-state index contributed by atoms with van der Waals surface area (Å²) in [5, 5.41) is 9.45. The molecule has 0 radical (unpaired) electrons. The van der Waals surface area contributed by atoms with Crippen LogP contribution in [0.2, 0.25) is 0 Å². The Balaban J connectivity index is 2.86. The zero-order chi connectivity index (χ0) is 9.30. The second-order valence-corrected chi connectivity index (χ2v) is 3.44. The molecule has 0 aromatic heterocycles. The molecule has 0 aromatic rings. The van der Waals surface area contributed by atoms with Gasteiger partial charge in [0.1, 0.15) is 0 Å². The molecule has 0 saturated heterocycles. The van der Waals surface area contributed by atoms with Gasteiger partial charge >= 0.3 is 0 Å². The molecule has 0 aromatic carbocycles. The van der Waals surface area contributed by atoms with E-state index in [1.54, 1.807) is 6.92 Å². The minimum Gasteiger partial charge on any atom is -0.389 e. The van der Waals surface area contributed by atoms with Crippen LogP contribution in [0, 0.1) is 5.92 Å². The molecule has 0 bridgehead atoms. The number of ketones is 1. The monoisotopic (exact) mass is 166 g/mol. The van der Waals surface area contributed by atoms with Crippen molar-refractivity contribution in [2.45, 2.75) is 26.4 Å². The normalized spacial score (nSPS) is 29.9. The zero-order valence-corrected chi connectivity index (χ0v) is 7.50. The number of allylic oxidation sites excluding steroid dienone is 2. The molecule has 0 saturated carbocycles. The number of aliphatic hydroxyl groups excluding tert-OH is 1. The number of carbonyl (C=O) groups is 1. The fourth-order valence-electron chi connectivity index (χ4n) is 1.39. The maximum absolute atomic E-state index is 11.3. The Morgan fingerprint density at radius 2 is 2.33 bits per heavy atom. The van der Waals surface area contributed by atoms with E-state index in [1.807, 2.05) is 6.92 Å². The van der Waals surface area contributed by atoms with Gasteiger partial charge in [-0.1, -0.05) is 12.2 Å². The lowest BCUT2D eigenvalue weighted by atomic mass is 9.83. The molecule has 1 N–H and O–H groups in total. The molecule has 2 nitrogen and oxygen atoms in total. The second-order valence-electron chi connectivity index (χ2n) is 3.44. The molecule has 66 valence electrons. The Morgan fingerprint density at radius 3 is 2.83 bits per heavy atom. The SMILES string of the molecule is C=C(C)[C@@H]1C[C@@H](O)C(C)=CC1=O.